The van der Waals surface area contributed by atoms with E-state index in [9.17, 15) is 13.2 Å². The van der Waals surface area contributed by atoms with Gasteiger partial charge in [-0.05, 0) is 55.5 Å². The molecule has 2 heterocycles. The number of aromatic nitrogens is 1. The number of methoxy groups -OCH3 is 1. The molecule has 2 aromatic rings. The second kappa shape index (κ2) is 13.1. The van der Waals surface area contributed by atoms with Crippen molar-refractivity contribution in [2.24, 2.45) is 11.7 Å². The van der Waals surface area contributed by atoms with Crippen molar-refractivity contribution >= 4 is 16.0 Å². The van der Waals surface area contributed by atoms with Gasteiger partial charge in [0.15, 0.2) is 11.5 Å². The fraction of sp³-hybridized carbons (Fsp3) is 0.455. The van der Waals surface area contributed by atoms with Crippen LogP contribution >= 0.6 is 0 Å². The van der Waals surface area contributed by atoms with Gasteiger partial charge in [0.1, 0.15) is 0 Å². The number of nitrogens with one attached hydrogen (secondary N) is 1. The van der Waals surface area contributed by atoms with Gasteiger partial charge in [0, 0.05) is 32.0 Å². The van der Waals surface area contributed by atoms with Crippen molar-refractivity contribution in [3.63, 3.8) is 0 Å². The first-order chi connectivity index (χ1) is 15.7. The van der Waals surface area contributed by atoms with E-state index in [0.717, 1.165) is 50.6 Å². The summed E-state index contributed by atoms with van der Waals surface area (Å²) in [4.78, 5) is 15.2. The molecule has 10 nitrogen and oxygen atoms in total. The number of hydrogen-bond donors (Lipinski definition) is 3. The minimum absolute atomic E-state index is 0.335. The minimum Gasteiger partial charge on any atom is -0.493 e. The predicted molar refractivity (Wildman–Crippen MR) is 123 cm³/mol. The molecule has 1 aliphatic rings. The second-order valence-corrected chi connectivity index (χ2v) is 9.06. The zero-order chi connectivity index (χ0) is 24.3. The zero-order valence-electron chi connectivity index (χ0n) is 18.8. The SMILES string of the molecule is COc1cc(CNCCC2CCOCC2)ccc1Oc1ccc(C(N)=O)cn1.CS(=O)(=O)O. The van der Waals surface area contributed by atoms with Crippen molar-refractivity contribution in [2.75, 3.05) is 33.1 Å². The molecule has 3 rings (SSSR count). The summed E-state index contributed by atoms with van der Waals surface area (Å²) in [5, 5.41) is 3.49. The normalized spacial score (nSPS) is 14.2. The van der Waals surface area contributed by atoms with E-state index in [-0.39, 0.29) is 0 Å². The molecule has 0 radical (unpaired) electrons. The quantitative estimate of drug-likeness (QED) is 0.362. The van der Waals surface area contributed by atoms with E-state index < -0.39 is 16.0 Å². The average Bonchev–Trinajstić information content (AvgIpc) is 2.77. The fourth-order valence-electron chi connectivity index (χ4n) is 3.18. The van der Waals surface area contributed by atoms with E-state index in [0.29, 0.717) is 29.2 Å². The van der Waals surface area contributed by atoms with Crippen LogP contribution in [0.1, 0.15) is 35.2 Å². The van der Waals surface area contributed by atoms with Crippen molar-refractivity contribution in [3.8, 4) is 17.4 Å². The second-order valence-electron chi connectivity index (χ2n) is 7.59. The first kappa shape index (κ1) is 26.5. The van der Waals surface area contributed by atoms with Gasteiger partial charge in [0.2, 0.25) is 11.8 Å². The molecule has 0 saturated carbocycles. The van der Waals surface area contributed by atoms with Crippen LogP contribution in [-0.2, 0) is 21.4 Å². The van der Waals surface area contributed by atoms with E-state index in [4.69, 9.17) is 24.5 Å². The number of amides is 1. The lowest BCUT2D eigenvalue weighted by atomic mass is 9.97. The highest BCUT2D eigenvalue weighted by Crippen LogP contribution is 2.31. The Morgan fingerprint density at radius 1 is 1.24 bits per heavy atom. The summed E-state index contributed by atoms with van der Waals surface area (Å²) in [6, 6.07) is 8.99. The van der Waals surface area contributed by atoms with Gasteiger partial charge in [-0.3, -0.25) is 9.35 Å². The zero-order valence-corrected chi connectivity index (χ0v) is 19.6. The van der Waals surface area contributed by atoms with Crippen molar-refractivity contribution in [1.29, 1.82) is 0 Å². The molecule has 1 saturated heterocycles. The van der Waals surface area contributed by atoms with Gasteiger partial charge in [-0.1, -0.05) is 6.07 Å². The van der Waals surface area contributed by atoms with Crippen LogP contribution in [0.4, 0.5) is 0 Å². The average molecular weight is 482 g/mol. The maximum absolute atomic E-state index is 11.1. The van der Waals surface area contributed by atoms with Gasteiger partial charge in [-0.25, -0.2) is 4.98 Å². The van der Waals surface area contributed by atoms with Crippen LogP contribution in [0.25, 0.3) is 0 Å². The lowest BCUT2D eigenvalue weighted by Crippen LogP contribution is -2.22. The van der Waals surface area contributed by atoms with E-state index >= 15 is 0 Å². The summed E-state index contributed by atoms with van der Waals surface area (Å²) < 4.78 is 42.5. The predicted octanol–water partition coefficient (Wildman–Crippen LogP) is 2.39. The molecule has 182 valence electrons. The highest BCUT2D eigenvalue weighted by atomic mass is 32.2. The van der Waals surface area contributed by atoms with E-state index in [2.05, 4.69) is 10.3 Å². The summed E-state index contributed by atoms with van der Waals surface area (Å²) in [7, 11) is -2.06. The highest BCUT2D eigenvalue weighted by molar-refractivity contribution is 7.85. The number of nitrogens with zero attached hydrogens (tertiary/aromatic N) is 1. The van der Waals surface area contributed by atoms with E-state index in [1.165, 1.54) is 12.6 Å². The first-order valence-corrected chi connectivity index (χ1v) is 12.3. The molecule has 0 unspecified atom stereocenters. The molecule has 33 heavy (non-hydrogen) atoms. The lowest BCUT2D eigenvalue weighted by molar-refractivity contribution is 0.0639. The number of primary amides is 1. The van der Waals surface area contributed by atoms with Crippen LogP contribution < -0.4 is 20.5 Å². The molecule has 1 aromatic carbocycles. The lowest BCUT2D eigenvalue weighted by Gasteiger charge is -2.22. The standard InChI is InChI=1S/C21H27N3O4.CH4O3S/c1-26-19-12-16(13-23-9-6-15-7-10-27-11-8-15)2-4-18(19)28-20-5-3-17(14-24-20)21(22)25;1-5(2,3)4/h2-5,12,14-15,23H,6-11,13H2,1H3,(H2,22,25);1H3,(H,2,3,4). The Balaban J connectivity index is 0.000000696. The molecule has 0 bridgehead atoms. The third-order valence-corrected chi connectivity index (χ3v) is 4.86. The van der Waals surface area contributed by atoms with Crippen LogP contribution in [-0.4, -0.2) is 57.0 Å². The van der Waals surface area contributed by atoms with Gasteiger partial charge in [0.05, 0.1) is 18.9 Å². The maximum atomic E-state index is 11.1. The molecule has 1 fully saturated rings. The van der Waals surface area contributed by atoms with Crippen molar-refractivity contribution in [1.82, 2.24) is 10.3 Å². The summed E-state index contributed by atoms with van der Waals surface area (Å²) >= 11 is 0. The van der Waals surface area contributed by atoms with Crippen molar-refractivity contribution in [2.45, 2.75) is 25.8 Å². The Bertz CT molecular complexity index is 984. The van der Waals surface area contributed by atoms with Gasteiger partial charge in [-0.15, -0.1) is 0 Å². The molecule has 0 spiro atoms. The van der Waals surface area contributed by atoms with Crippen molar-refractivity contribution < 1.29 is 32.0 Å². The largest absolute Gasteiger partial charge is 0.493 e. The minimum atomic E-state index is -3.67. The topological polar surface area (TPSA) is 150 Å². The number of nitrogens with two attached hydrogens (primary N) is 1. The summed E-state index contributed by atoms with van der Waals surface area (Å²) in [6.07, 6.45) is 5.61. The van der Waals surface area contributed by atoms with Crippen LogP contribution in [0.5, 0.6) is 17.4 Å². The third kappa shape index (κ3) is 10.6. The van der Waals surface area contributed by atoms with Gasteiger partial charge < -0.3 is 25.3 Å². The Hall–Kier alpha value is -2.73. The molecule has 11 heteroatoms. The first-order valence-electron chi connectivity index (χ1n) is 10.5. The third-order valence-electron chi connectivity index (χ3n) is 4.86. The van der Waals surface area contributed by atoms with Gasteiger partial charge in [-0.2, -0.15) is 8.42 Å². The Labute approximate surface area is 194 Å². The molecule has 1 amide bonds. The Morgan fingerprint density at radius 3 is 2.52 bits per heavy atom. The summed E-state index contributed by atoms with van der Waals surface area (Å²) in [5.74, 6) is 1.80. The Kier molecular flexibility index (Phi) is 10.5. The van der Waals surface area contributed by atoms with Crippen LogP contribution in [0, 0.1) is 5.92 Å². The van der Waals surface area contributed by atoms with E-state index in [1.54, 1.807) is 19.2 Å². The number of pyridine rings is 1. The van der Waals surface area contributed by atoms with Gasteiger partial charge in [0.25, 0.3) is 10.1 Å². The van der Waals surface area contributed by atoms with E-state index in [1.807, 2.05) is 18.2 Å². The molecule has 0 atom stereocenters. The fourth-order valence-corrected chi connectivity index (χ4v) is 3.18. The highest BCUT2D eigenvalue weighted by Gasteiger charge is 2.13. The summed E-state index contributed by atoms with van der Waals surface area (Å²) in [5.41, 5.74) is 6.67. The van der Waals surface area contributed by atoms with Crippen LogP contribution in [0.15, 0.2) is 36.5 Å². The molecule has 4 N–H and O–H groups in total. The number of hydrogen-bond acceptors (Lipinski definition) is 8. The smallest absolute Gasteiger partial charge is 0.261 e. The van der Waals surface area contributed by atoms with Crippen LogP contribution in [0.3, 0.4) is 0 Å². The number of benzene rings is 1. The number of ether oxygens (including phenoxy) is 3. The monoisotopic (exact) mass is 481 g/mol. The molecule has 0 aliphatic carbocycles. The summed E-state index contributed by atoms with van der Waals surface area (Å²) in [6.45, 7) is 3.54. The van der Waals surface area contributed by atoms with Crippen molar-refractivity contribution in [3.05, 3.63) is 47.7 Å². The molecular formula is C22H31N3O7S. The number of carbonyl (C=O) groups excluding carboxylic acids is 1. The van der Waals surface area contributed by atoms with Gasteiger partial charge >= 0.3 is 0 Å². The molecule has 1 aliphatic heterocycles. The molecule has 1 aromatic heterocycles. The molecular weight excluding hydrogens is 450 g/mol. The maximum Gasteiger partial charge on any atom is 0.261 e. The van der Waals surface area contributed by atoms with Crippen LogP contribution in [0.2, 0.25) is 0 Å². The Morgan fingerprint density at radius 2 is 1.94 bits per heavy atom. The number of carbonyl (C=O) groups is 1. The number of rotatable bonds is 9.